The van der Waals surface area contributed by atoms with E-state index in [1.807, 2.05) is 24.3 Å². The number of hydrogen-bond acceptors (Lipinski definition) is 8. The minimum absolute atomic E-state index is 0. The number of halogens is 2. The van der Waals surface area contributed by atoms with Crippen molar-refractivity contribution in [2.24, 2.45) is 0 Å². The van der Waals surface area contributed by atoms with E-state index in [2.05, 4.69) is 58.3 Å². The van der Waals surface area contributed by atoms with Crippen molar-refractivity contribution in [3.63, 3.8) is 0 Å². The quantitative estimate of drug-likeness (QED) is 0.156. The molecule has 0 radical (unpaired) electrons. The lowest BCUT2D eigenvalue weighted by Crippen LogP contribution is -2.45. The van der Waals surface area contributed by atoms with Gasteiger partial charge >= 0.3 is 0 Å². The van der Waals surface area contributed by atoms with E-state index in [4.69, 9.17) is 28.4 Å². The fourth-order valence-electron chi connectivity index (χ4n) is 5.94. The lowest BCUT2D eigenvalue weighted by atomic mass is 9.97. The van der Waals surface area contributed by atoms with Crippen LogP contribution in [-0.2, 0) is 13.1 Å². The number of rotatable bonds is 12. The Balaban J connectivity index is 0.00000288. The van der Waals surface area contributed by atoms with E-state index in [0.717, 1.165) is 61.5 Å². The molecule has 1 saturated heterocycles. The van der Waals surface area contributed by atoms with Gasteiger partial charge in [-0.15, -0.1) is 24.8 Å². The van der Waals surface area contributed by atoms with Crippen molar-refractivity contribution < 1.29 is 28.4 Å². The number of methoxy groups -OCH3 is 6. The van der Waals surface area contributed by atoms with E-state index in [0.29, 0.717) is 34.5 Å². The molecule has 5 rings (SSSR count). The molecule has 0 aliphatic carbocycles. The first-order valence-corrected chi connectivity index (χ1v) is 14.7. The van der Waals surface area contributed by atoms with Gasteiger partial charge in [0, 0.05) is 39.3 Å². The Bertz CT molecular complexity index is 1410. The summed E-state index contributed by atoms with van der Waals surface area (Å²) in [4.78, 5) is 5.05. The molecule has 4 aromatic carbocycles. The minimum Gasteiger partial charge on any atom is -0.493 e. The molecule has 0 amide bonds. The zero-order chi connectivity index (χ0) is 31.1. The number of benzene rings is 4. The maximum atomic E-state index is 5.62. The molecule has 0 unspecified atom stereocenters. The topological polar surface area (TPSA) is 61.9 Å². The number of ether oxygens (including phenoxy) is 6. The van der Waals surface area contributed by atoms with Crippen LogP contribution in [0.3, 0.4) is 0 Å². The average Bonchev–Trinajstić information content (AvgIpc) is 3.08. The molecule has 46 heavy (non-hydrogen) atoms. The Morgan fingerprint density at radius 3 is 1.04 bits per heavy atom. The standard InChI is InChI=1S/C36H42N2O6.2ClH/c1-39-31-19-27(20-32(40-2)35(31)43-5)29-13-9-7-11-25(29)23-37-15-17-38(18-16-37)24-26-12-8-10-14-30(26)28-21-33(41-3)36(44-6)34(22-28)42-4;;/h7-14,19-22H,15-18,23-24H2,1-6H3;2*1H. The molecule has 1 fully saturated rings. The second-order valence-corrected chi connectivity index (χ2v) is 10.7. The SMILES string of the molecule is COc1cc(-c2ccccc2CN2CCN(Cc3ccccc3-c3cc(OC)c(OC)c(OC)c3)CC2)cc(OC)c1OC.Cl.Cl. The van der Waals surface area contributed by atoms with Crippen LogP contribution in [-0.4, -0.2) is 78.6 Å². The van der Waals surface area contributed by atoms with Crippen LogP contribution in [0.5, 0.6) is 34.5 Å². The Kier molecular flexibility index (Phi) is 13.7. The molecular formula is C36H44Cl2N2O6. The molecule has 4 aromatic rings. The zero-order valence-corrected chi connectivity index (χ0v) is 29.0. The summed E-state index contributed by atoms with van der Waals surface area (Å²) in [6.45, 7) is 5.66. The van der Waals surface area contributed by atoms with Crippen molar-refractivity contribution in [3.05, 3.63) is 83.9 Å². The first kappa shape index (κ1) is 36.6. The minimum atomic E-state index is 0. The first-order valence-electron chi connectivity index (χ1n) is 14.7. The first-order chi connectivity index (χ1) is 21.5. The van der Waals surface area contributed by atoms with E-state index in [1.165, 1.54) is 11.1 Å². The van der Waals surface area contributed by atoms with Crippen LogP contribution < -0.4 is 28.4 Å². The molecule has 8 nitrogen and oxygen atoms in total. The molecular weight excluding hydrogens is 627 g/mol. The van der Waals surface area contributed by atoms with Crippen LogP contribution in [0.15, 0.2) is 72.8 Å². The van der Waals surface area contributed by atoms with Gasteiger partial charge in [-0.1, -0.05) is 48.5 Å². The van der Waals surface area contributed by atoms with Crippen molar-refractivity contribution in [3.8, 4) is 56.8 Å². The molecule has 248 valence electrons. The van der Waals surface area contributed by atoms with Gasteiger partial charge in [0.15, 0.2) is 23.0 Å². The summed E-state index contributed by atoms with van der Waals surface area (Å²) < 4.78 is 33.6. The highest BCUT2D eigenvalue weighted by Crippen LogP contribution is 2.43. The molecule has 0 aromatic heterocycles. The molecule has 1 aliphatic rings. The Labute approximate surface area is 284 Å². The smallest absolute Gasteiger partial charge is 0.203 e. The van der Waals surface area contributed by atoms with Gasteiger partial charge in [-0.2, -0.15) is 0 Å². The highest BCUT2D eigenvalue weighted by Gasteiger charge is 2.22. The predicted molar refractivity (Wildman–Crippen MR) is 188 cm³/mol. The summed E-state index contributed by atoms with van der Waals surface area (Å²) in [5, 5.41) is 0. The van der Waals surface area contributed by atoms with Crippen molar-refractivity contribution in [1.82, 2.24) is 9.80 Å². The maximum Gasteiger partial charge on any atom is 0.203 e. The fraction of sp³-hybridized carbons (Fsp3) is 0.333. The van der Waals surface area contributed by atoms with Gasteiger partial charge < -0.3 is 28.4 Å². The Morgan fingerprint density at radius 1 is 0.457 bits per heavy atom. The van der Waals surface area contributed by atoms with Gasteiger partial charge in [-0.25, -0.2) is 0 Å². The molecule has 1 aliphatic heterocycles. The molecule has 1 heterocycles. The summed E-state index contributed by atoms with van der Waals surface area (Å²) in [5.74, 6) is 3.79. The summed E-state index contributed by atoms with van der Waals surface area (Å²) in [6, 6.07) is 25.2. The van der Waals surface area contributed by atoms with Gasteiger partial charge in [0.05, 0.1) is 42.7 Å². The third-order valence-corrected chi connectivity index (χ3v) is 8.24. The second-order valence-electron chi connectivity index (χ2n) is 10.7. The molecule has 0 atom stereocenters. The molecule has 0 saturated carbocycles. The molecule has 10 heteroatoms. The Morgan fingerprint density at radius 2 is 0.761 bits per heavy atom. The van der Waals surface area contributed by atoms with Crippen LogP contribution in [0.2, 0.25) is 0 Å². The third-order valence-electron chi connectivity index (χ3n) is 8.24. The van der Waals surface area contributed by atoms with Gasteiger partial charge in [0.25, 0.3) is 0 Å². The van der Waals surface area contributed by atoms with Gasteiger partial charge in [-0.05, 0) is 57.6 Å². The van der Waals surface area contributed by atoms with Crippen LogP contribution in [0, 0.1) is 0 Å². The number of hydrogen-bond donors (Lipinski definition) is 0. The maximum absolute atomic E-state index is 5.62. The van der Waals surface area contributed by atoms with Crippen molar-refractivity contribution in [1.29, 1.82) is 0 Å². The van der Waals surface area contributed by atoms with E-state index in [9.17, 15) is 0 Å². The number of piperazine rings is 1. The lowest BCUT2D eigenvalue weighted by molar-refractivity contribution is 0.122. The average molecular weight is 672 g/mol. The van der Waals surface area contributed by atoms with Crippen LogP contribution >= 0.6 is 24.8 Å². The van der Waals surface area contributed by atoms with E-state index in [1.54, 1.807) is 42.7 Å². The largest absolute Gasteiger partial charge is 0.493 e. The summed E-state index contributed by atoms with van der Waals surface area (Å²) in [5.41, 5.74) is 6.93. The molecule has 0 bridgehead atoms. The molecule has 0 spiro atoms. The van der Waals surface area contributed by atoms with Crippen LogP contribution in [0.4, 0.5) is 0 Å². The van der Waals surface area contributed by atoms with Crippen LogP contribution in [0.1, 0.15) is 11.1 Å². The highest BCUT2D eigenvalue weighted by molar-refractivity contribution is 5.85. The second kappa shape index (κ2) is 17.2. The van der Waals surface area contributed by atoms with E-state index >= 15 is 0 Å². The van der Waals surface area contributed by atoms with Crippen LogP contribution in [0.25, 0.3) is 22.3 Å². The zero-order valence-electron chi connectivity index (χ0n) is 27.3. The van der Waals surface area contributed by atoms with Gasteiger partial charge in [-0.3, -0.25) is 9.80 Å². The van der Waals surface area contributed by atoms with Crippen molar-refractivity contribution in [2.75, 3.05) is 68.8 Å². The van der Waals surface area contributed by atoms with Gasteiger partial charge in [0.1, 0.15) is 0 Å². The fourth-order valence-corrected chi connectivity index (χ4v) is 5.94. The normalized spacial score (nSPS) is 13.2. The summed E-state index contributed by atoms with van der Waals surface area (Å²) >= 11 is 0. The monoisotopic (exact) mass is 670 g/mol. The molecule has 0 N–H and O–H groups in total. The Hall–Kier alpha value is -3.82. The summed E-state index contributed by atoms with van der Waals surface area (Å²) in [7, 11) is 9.84. The third kappa shape index (κ3) is 7.93. The van der Waals surface area contributed by atoms with E-state index < -0.39 is 0 Å². The van der Waals surface area contributed by atoms with Gasteiger partial charge in [0.2, 0.25) is 11.5 Å². The van der Waals surface area contributed by atoms with E-state index in [-0.39, 0.29) is 24.8 Å². The summed E-state index contributed by atoms with van der Waals surface area (Å²) in [6.07, 6.45) is 0. The predicted octanol–water partition coefficient (Wildman–Crippen LogP) is 7.23. The lowest BCUT2D eigenvalue weighted by Gasteiger charge is -2.35. The van der Waals surface area contributed by atoms with Crippen molar-refractivity contribution >= 4 is 24.8 Å². The van der Waals surface area contributed by atoms with Crippen molar-refractivity contribution in [2.45, 2.75) is 13.1 Å². The number of nitrogens with zero attached hydrogens (tertiary/aromatic N) is 2. The highest BCUT2D eigenvalue weighted by atomic mass is 35.5.